The molecule has 0 heterocycles. The van der Waals surface area contributed by atoms with Gasteiger partial charge in [-0.05, 0) is 25.9 Å². The first kappa shape index (κ1) is 14.7. The molecule has 0 rings (SSSR count). The minimum Gasteiger partial charge on any atom is -0.344 e. The van der Waals surface area contributed by atoms with E-state index in [1.54, 1.807) is 0 Å². The Labute approximate surface area is 87.6 Å². The maximum absolute atomic E-state index is 8.51. The zero-order chi connectivity index (χ0) is 11.9. The van der Waals surface area contributed by atoms with Crippen LogP contribution in [0, 0.1) is 0 Å². The Morgan fingerprint density at radius 2 is 1.00 bits per heavy atom. The summed E-state index contributed by atoms with van der Waals surface area (Å²) in [5.41, 5.74) is 0. The van der Waals surface area contributed by atoms with Gasteiger partial charge < -0.3 is 36.0 Å². The van der Waals surface area contributed by atoms with Crippen molar-refractivity contribution in [1.29, 1.82) is 0 Å². The molecule has 0 saturated carbocycles. The first-order valence-electron chi connectivity index (χ1n) is 4.76. The lowest BCUT2D eigenvalue weighted by molar-refractivity contribution is -0.315. The topological polar surface area (TPSA) is 133 Å². The van der Waals surface area contributed by atoms with Crippen molar-refractivity contribution in [3.63, 3.8) is 0 Å². The molecule has 0 fully saturated rings. The van der Waals surface area contributed by atoms with Crippen LogP contribution in [0.5, 0.6) is 0 Å². The molecule has 0 amide bonds. The van der Waals surface area contributed by atoms with Gasteiger partial charge in [-0.1, -0.05) is 0 Å². The van der Waals surface area contributed by atoms with Crippen LogP contribution in [-0.2, 0) is 0 Å². The van der Waals surface area contributed by atoms with E-state index in [9.17, 15) is 0 Å². The van der Waals surface area contributed by atoms with Crippen LogP contribution in [0.15, 0.2) is 0 Å². The van der Waals surface area contributed by atoms with Crippen LogP contribution in [0.1, 0.15) is 25.7 Å². The van der Waals surface area contributed by atoms with Crippen LogP contribution < -0.4 is 5.32 Å². The van der Waals surface area contributed by atoms with Crippen molar-refractivity contribution in [2.45, 2.75) is 37.6 Å². The van der Waals surface area contributed by atoms with Crippen molar-refractivity contribution in [3.05, 3.63) is 0 Å². The molecule has 0 aromatic carbocycles. The lowest BCUT2D eigenvalue weighted by Crippen LogP contribution is -2.30. The molecule has 15 heavy (non-hydrogen) atoms. The van der Waals surface area contributed by atoms with Gasteiger partial charge in [-0.3, -0.25) is 0 Å². The van der Waals surface area contributed by atoms with Crippen LogP contribution >= 0.6 is 0 Å². The fraction of sp³-hybridized carbons (Fsp3) is 1.00. The molecule has 7 nitrogen and oxygen atoms in total. The Bertz CT molecular complexity index is 143. The Kier molecular flexibility index (Phi) is 6.22. The van der Waals surface area contributed by atoms with E-state index in [1.165, 1.54) is 0 Å². The zero-order valence-corrected chi connectivity index (χ0v) is 8.43. The molecule has 0 radical (unpaired) electrons. The summed E-state index contributed by atoms with van der Waals surface area (Å²) in [6.45, 7) is 0.914. The maximum Gasteiger partial charge on any atom is 0.275 e. The van der Waals surface area contributed by atoms with E-state index in [0.717, 1.165) is 0 Å². The first-order chi connectivity index (χ1) is 6.71. The monoisotopic (exact) mass is 225 g/mol. The van der Waals surface area contributed by atoms with Crippen LogP contribution in [0.4, 0.5) is 0 Å². The summed E-state index contributed by atoms with van der Waals surface area (Å²) in [7, 11) is 0. The Morgan fingerprint density at radius 1 is 0.667 bits per heavy atom. The van der Waals surface area contributed by atoms with E-state index in [2.05, 4.69) is 5.32 Å². The second-order valence-corrected chi connectivity index (χ2v) is 3.51. The summed E-state index contributed by atoms with van der Waals surface area (Å²) in [4.78, 5) is 0. The van der Waals surface area contributed by atoms with Gasteiger partial charge in [0, 0.05) is 12.8 Å². The highest BCUT2D eigenvalue weighted by Gasteiger charge is 2.17. The normalized spacial score (nSPS) is 13.2. The third-order valence-corrected chi connectivity index (χ3v) is 1.73. The predicted molar refractivity (Wildman–Crippen MR) is 50.1 cm³/mol. The molecule has 0 aromatic heterocycles. The second-order valence-electron chi connectivity index (χ2n) is 3.51. The molecular formula is C8H19NO6. The summed E-state index contributed by atoms with van der Waals surface area (Å²) in [5, 5.41) is 53.9. The van der Waals surface area contributed by atoms with Crippen molar-refractivity contribution < 1.29 is 30.6 Å². The number of aliphatic hydroxyl groups is 6. The van der Waals surface area contributed by atoms with Crippen molar-refractivity contribution in [2.24, 2.45) is 0 Å². The van der Waals surface area contributed by atoms with E-state index in [1.807, 2.05) is 0 Å². The summed E-state index contributed by atoms with van der Waals surface area (Å²) in [6.07, 6.45) is 0.409. The molecule has 0 aliphatic heterocycles. The van der Waals surface area contributed by atoms with E-state index in [-0.39, 0.29) is 12.8 Å². The summed E-state index contributed by atoms with van der Waals surface area (Å²) in [6, 6.07) is 0. The number of hydrogen-bond acceptors (Lipinski definition) is 7. The van der Waals surface area contributed by atoms with Gasteiger partial charge >= 0.3 is 0 Å². The van der Waals surface area contributed by atoms with Crippen LogP contribution in [-0.4, -0.2) is 55.7 Å². The third-order valence-electron chi connectivity index (χ3n) is 1.73. The Morgan fingerprint density at radius 3 is 1.27 bits per heavy atom. The van der Waals surface area contributed by atoms with Gasteiger partial charge in [0.25, 0.3) is 11.9 Å². The molecule has 0 saturated heterocycles. The van der Waals surface area contributed by atoms with Gasteiger partial charge in [0.15, 0.2) is 0 Å². The SMILES string of the molecule is OC(O)(O)CCCNCCCC(O)(O)O. The van der Waals surface area contributed by atoms with E-state index in [0.29, 0.717) is 25.9 Å². The van der Waals surface area contributed by atoms with Crippen molar-refractivity contribution in [3.8, 4) is 0 Å². The molecule has 0 spiro atoms. The van der Waals surface area contributed by atoms with E-state index in [4.69, 9.17) is 30.6 Å². The maximum atomic E-state index is 8.51. The highest BCUT2D eigenvalue weighted by atomic mass is 16.7. The average molecular weight is 225 g/mol. The van der Waals surface area contributed by atoms with Crippen LogP contribution in [0.2, 0.25) is 0 Å². The standard InChI is InChI=1S/C8H19NO6/c10-7(11,12)3-1-5-9-6-2-4-8(13,14)15/h9-15H,1-6H2. The molecule has 0 atom stereocenters. The van der Waals surface area contributed by atoms with Crippen molar-refractivity contribution >= 4 is 0 Å². The van der Waals surface area contributed by atoms with Crippen molar-refractivity contribution in [2.75, 3.05) is 13.1 Å². The highest BCUT2D eigenvalue weighted by Crippen LogP contribution is 2.04. The van der Waals surface area contributed by atoms with Gasteiger partial charge in [-0.25, -0.2) is 0 Å². The predicted octanol–water partition coefficient (Wildman–Crippen LogP) is -2.60. The molecule has 0 aromatic rings. The van der Waals surface area contributed by atoms with Crippen LogP contribution in [0.25, 0.3) is 0 Å². The van der Waals surface area contributed by atoms with E-state index >= 15 is 0 Å². The molecular weight excluding hydrogens is 206 g/mol. The minimum atomic E-state index is -2.63. The average Bonchev–Trinajstić information content (AvgIpc) is 1.98. The van der Waals surface area contributed by atoms with Crippen LogP contribution in [0.3, 0.4) is 0 Å². The zero-order valence-electron chi connectivity index (χ0n) is 8.43. The molecule has 92 valence electrons. The van der Waals surface area contributed by atoms with E-state index < -0.39 is 11.9 Å². The molecule has 0 aliphatic rings. The van der Waals surface area contributed by atoms with Gasteiger partial charge in [0.1, 0.15) is 0 Å². The highest BCUT2D eigenvalue weighted by molar-refractivity contribution is 4.55. The lowest BCUT2D eigenvalue weighted by atomic mass is 10.2. The summed E-state index contributed by atoms with van der Waals surface area (Å²) in [5.74, 6) is -5.25. The fourth-order valence-electron chi connectivity index (χ4n) is 1.03. The smallest absolute Gasteiger partial charge is 0.275 e. The number of nitrogens with one attached hydrogen (secondary N) is 1. The molecule has 0 bridgehead atoms. The van der Waals surface area contributed by atoms with Gasteiger partial charge in [0.2, 0.25) is 0 Å². The molecule has 0 unspecified atom stereocenters. The number of hydrogen-bond donors (Lipinski definition) is 7. The minimum absolute atomic E-state index is 0.163. The molecule has 7 N–H and O–H groups in total. The second kappa shape index (κ2) is 6.33. The Hall–Kier alpha value is -0.280. The quantitative estimate of drug-likeness (QED) is 0.178. The fourth-order valence-corrected chi connectivity index (χ4v) is 1.03. The third kappa shape index (κ3) is 13.7. The van der Waals surface area contributed by atoms with Gasteiger partial charge in [-0.2, -0.15) is 0 Å². The lowest BCUT2D eigenvalue weighted by Gasteiger charge is -2.15. The largest absolute Gasteiger partial charge is 0.344 e. The van der Waals surface area contributed by atoms with Gasteiger partial charge in [-0.15, -0.1) is 0 Å². The Balaban J connectivity index is 3.20. The van der Waals surface area contributed by atoms with Crippen molar-refractivity contribution in [1.82, 2.24) is 5.32 Å². The number of rotatable bonds is 8. The first-order valence-corrected chi connectivity index (χ1v) is 4.76. The molecule has 7 heteroatoms. The summed E-state index contributed by atoms with van der Waals surface area (Å²) >= 11 is 0. The molecule has 0 aliphatic carbocycles. The van der Waals surface area contributed by atoms with Gasteiger partial charge in [0.05, 0.1) is 0 Å². The summed E-state index contributed by atoms with van der Waals surface area (Å²) < 4.78 is 0.